The highest BCUT2D eigenvalue weighted by atomic mass is 16.2. The van der Waals surface area contributed by atoms with Gasteiger partial charge in [-0.2, -0.15) is 0 Å². The summed E-state index contributed by atoms with van der Waals surface area (Å²) in [6.45, 7) is 3.33. The van der Waals surface area contributed by atoms with Crippen LogP contribution in [0.2, 0.25) is 0 Å². The molecule has 0 saturated carbocycles. The van der Waals surface area contributed by atoms with Gasteiger partial charge in [-0.1, -0.05) is 0 Å². The Morgan fingerprint density at radius 1 is 1.50 bits per heavy atom. The molecule has 0 radical (unpaired) electrons. The first-order valence-electron chi connectivity index (χ1n) is 6.24. The second-order valence-electron chi connectivity index (χ2n) is 4.78. The highest BCUT2D eigenvalue weighted by Crippen LogP contribution is 2.16. The number of hydrogen-bond acceptors (Lipinski definition) is 3. The van der Waals surface area contributed by atoms with Crippen molar-refractivity contribution >= 4 is 5.91 Å². The average Bonchev–Trinajstić information content (AvgIpc) is 2.66. The average molecular weight is 227 g/mol. The summed E-state index contributed by atoms with van der Waals surface area (Å²) in [5.74, 6) is 0.240. The second-order valence-corrected chi connectivity index (χ2v) is 4.78. The maximum Gasteiger partial charge on any atom is 0.222 e. The third-order valence-corrected chi connectivity index (χ3v) is 3.27. The molecule has 0 aliphatic carbocycles. The molecule has 1 fully saturated rings. The van der Waals surface area contributed by atoms with Crippen molar-refractivity contribution in [1.29, 1.82) is 0 Å². The lowest BCUT2D eigenvalue weighted by molar-refractivity contribution is -0.128. The monoisotopic (exact) mass is 227 g/mol. The topological polar surface area (TPSA) is 35.6 Å². The summed E-state index contributed by atoms with van der Waals surface area (Å²) in [7, 11) is 5.65. The van der Waals surface area contributed by atoms with E-state index in [0.717, 1.165) is 19.5 Å². The van der Waals surface area contributed by atoms with Gasteiger partial charge in [0, 0.05) is 33.1 Å². The number of likely N-dealkylation sites (N-methyl/N-ethyl adjacent to an activating group) is 1. The summed E-state index contributed by atoms with van der Waals surface area (Å²) in [6, 6.07) is 0.680. The van der Waals surface area contributed by atoms with Crippen molar-refractivity contribution in [3.05, 3.63) is 0 Å². The molecule has 0 spiro atoms. The van der Waals surface area contributed by atoms with Crippen molar-refractivity contribution in [2.75, 3.05) is 40.8 Å². The summed E-state index contributed by atoms with van der Waals surface area (Å²) < 4.78 is 0. The maximum atomic E-state index is 11.4. The highest BCUT2D eigenvalue weighted by molar-refractivity contribution is 5.75. The summed E-state index contributed by atoms with van der Waals surface area (Å²) in [4.78, 5) is 15.6. The number of hydrogen-bond donors (Lipinski definition) is 1. The lowest BCUT2D eigenvalue weighted by Crippen LogP contribution is -2.37. The Hall–Kier alpha value is -0.610. The molecule has 1 atom stereocenters. The SMILES string of the molecule is CNCC1CCCN1CCCC(=O)N(C)C. The molecular formula is C12H25N3O. The van der Waals surface area contributed by atoms with Gasteiger partial charge in [-0.15, -0.1) is 0 Å². The van der Waals surface area contributed by atoms with Gasteiger partial charge >= 0.3 is 0 Å². The predicted molar refractivity (Wildman–Crippen MR) is 66.4 cm³/mol. The van der Waals surface area contributed by atoms with E-state index in [1.165, 1.54) is 19.4 Å². The molecule has 4 nitrogen and oxygen atoms in total. The Bertz CT molecular complexity index is 218. The van der Waals surface area contributed by atoms with E-state index >= 15 is 0 Å². The first-order valence-corrected chi connectivity index (χ1v) is 6.24. The number of rotatable bonds is 6. The number of likely N-dealkylation sites (tertiary alicyclic amines) is 1. The van der Waals surface area contributed by atoms with Crippen LogP contribution in [0, 0.1) is 0 Å². The van der Waals surface area contributed by atoms with Crippen LogP contribution in [-0.2, 0) is 4.79 Å². The Morgan fingerprint density at radius 2 is 2.25 bits per heavy atom. The molecule has 4 heteroatoms. The summed E-state index contributed by atoms with van der Waals surface area (Å²) in [5, 5.41) is 3.24. The standard InChI is InChI=1S/C12H25N3O/c1-13-10-11-6-4-8-15(11)9-5-7-12(16)14(2)3/h11,13H,4-10H2,1-3H3. The third kappa shape index (κ3) is 4.10. The van der Waals surface area contributed by atoms with E-state index in [4.69, 9.17) is 0 Å². The molecule has 94 valence electrons. The fourth-order valence-electron chi connectivity index (χ4n) is 2.31. The fraction of sp³-hybridized carbons (Fsp3) is 0.917. The molecule has 1 saturated heterocycles. The van der Waals surface area contributed by atoms with Gasteiger partial charge in [-0.05, 0) is 39.4 Å². The van der Waals surface area contributed by atoms with Gasteiger partial charge in [-0.3, -0.25) is 9.69 Å². The summed E-state index contributed by atoms with van der Waals surface area (Å²) in [5.41, 5.74) is 0. The third-order valence-electron chi connectivity index (χ3n) is 3.27. The summed E-state index contributed by atoms with van der Waals surface area (Å²) >= 11 is 0. The van der Waals surface area contributed by atoms with Gasteiger partial charge in [0.15, 0.2) is 0 Å². The van der Waals surface area contributed by atoms with E-state index in [9.17, 15) is 4.79 Å². The largest absolute Gasteiger partial charge is 0.349 e. The van der Waals surface area contributed by atoms with Gasteiger partial charge in [0.05, 0.1) is 0 Å². The Labute approximate surface area is 99.0 Å². The Balaban J connectivity index is 2.19. The smallest absolute Gasteiger partial charge is 0.222 e. The summed E-state index contributed by atoms with van der Waals surface area (Å²) in [6.07, 6.45) is 4.25. The molecule has 1 heterocycles. The van der Waals surface area contributed by atoms with Crippen molar-refractivity contribution in [3.8, 4) is 0 Å². The molecule has 1 amide bonds. The van der Waals surface area contributed by atoms with Crippen LogP contribution in [0.3, 0.4) is 0 Å². The predicted octanol–water partition coefficient (Wildman–Crippen LogP) is 0.539. The van der Waals surface area contributed by atoms with Gasteiger partial charge in [0.2, 0.25) is 5.91 Å². The van der Waals surface area contributed by atoms with Crippen LogP contribution in [-0.4, -0.2) is 62.5 Å². The molecule has 1 N–H and O–H groups in total. The number of carbonyl (C=O) groups is 1. The molecule has 0 aromatic rings. The number of nitrogens with zero attached hydrogens (tertiary/aromatic N) is 2. The minimum Gasteiger partial charge on any atom is -0.349 e. The van der Waals surface area contributed by atoms with E-state index in [1.807, 2.05) is 21.1 Å². The minimum absolute atomic E-state index is 0.240. The minimum atomic E-state index is 0.240. The zero-order valence-corrected chi connectivity index (χ0v) is 10.8. The van der Waals surface area contributed by atoms with Crippen LogP contribution in [0.15, 0.2) is 0 Å². The van der Waals surface area contributed by atoms with Crippen molar-refractivity contribution in [2.24, 2.45) is 0 Å². The Morgan fingerprint density at radius 3 is 2.88 bits per heavy atom. The fourth-order valence-corrected chi connectivity index (χ4v) is 2.31. The molecule has 16 heavy (non-hydrogen) atoms. The number of nitrogens with one attached hydrogen (secondary N) is 1. The van der Waals surface area contributed by atoms with E-state index in [-0.39, 0.29) is 5.91 Å². The molecule has 1 rings (SSSR count). The molecule has 0 aromatic heterocycles. The highest BCUT2D eigenvalue weighted by Gasteiger charge is 2.23. The van der Waals surface area contributed by atoms with Crippen LogP contribution in [0.4, 0.5) is 0 Å². The first-order chi connectivity index (χ1) is 7.65. The molecule has 1 unspecified atom stereocenters. The van der Waals surface area contributed by atoms with E-state index < -0.39 is 0 Å². The van der Waals surface area contributed by atoms with Crippen LogP contribution in [0.5, 0.6) is 0 Å². The zero-order valence-electron chi connectivity index (χ0n) is 10.8. The lowest BCUT2D eigenvalue weighted by Gasteiger charge is -2.24. The first kappa shape index (κ1) is 13.5. The number of carbonyl (C=O) groups excluding carboxylic acids is 1. The van der Waals surface area contributed by atoms with Crippen molar-refractivity contribution in [3.63, 3.8) is 0 Å². The molecule has 0 aromatic carbocycles. The van der Waals surface area contributed by atoms with Crippen LogP contribution >= 0.6 is 0 Å². The Kier molecular flexibility index (Phi) is 5.77. The van der Waals surface area contributed by atoms with E-state index in [1.54, 1.807) is 4.90 Å². The maximum absolute atomic E-state index is 11.4. The van der Waals surface area contributed by atoms with Crippen molar-refractivity contribution in [1.82, 2.24) is 15.1 Å². The molecule has 0 bridgehead atoms. The normalized spacial score (nSPS) is 21.3. The van der Waals surface area contributed by atoms with Gasteiger partial charge in [0.25, 0.3) is 0 Å². The van der Waals surface area contributed by atoms with Gasteiger partial charge in [0.1, 0.15) is 0 Å². The lowest BCUT2D eigenvalue weighted by atomic mass is 10.2. The zero-order chi connectivity index (χ0) is 12.0. The van der Waals surface area contributed by atoms with Crippen LogP contribution in [0.25, 0.3) is 0 Å². The van der Waals surface area contributed by atoms with E-state index in [0.29, 0.717) is 12.5 Å². The van der Waals surface area contributed by atoms with E-state index in [2.05, 4.69) is 10.2 Å². The van der Waals surface area contributed by atoms with Crippen LogP contribution in [0.1, 0.15) is 25.7 Å². The van der Waals surface area contributed by atoms with Crippen molar-refractivity contribution < 1.29 is 4.79 Å². The van der Waals surface area contributed by atoms with Crippen molar-refractivity contribution in [2.45, 2.75) is 31.7 Å². The molecular weight excluding hydrogens is 202 g/mol. The quantitative estimate of drug-likeness (QED) is 0.719. The number of amides is 1. The second kappa shape index (κ2) is 6.86. The van der Waals surface area contributed by atoms with Crippen LogP contribution < -0.4 is 5.32 Å². The van der Waals surface area contributed by atoms with Gasteiger partial charge < -0.3 is 10.2 Å². The molecule has 1 aliphatic rings. The van der Waals surface area contributed by atoms with Gasteiger partial charge in [-0.25, -0.2) is 0 Å². The molecule has 1 aliphatic heterocycles.